The van der Waals surface area contributed by atoms with Gasteiger partial charge in [-0.3, -0.25) is 4.79 Å². The fraction of sp³-hybridized carbons (Fsp3) is 0.889. The molecule has 1 heterocycles. The van der Waals surface area contributed by atoms with Gasteiger partial charge in [0.25, 0.3) is 0 Å². The molecule has 120 valence electrons. The van der Waals surface area contributed by atoms with Crippen molar-refractivity contribution in [1.29, 1.82) is 5.26 Å². The first-order chi connectivity index (χ1) is 10.3. The molecule has 1 amide bonds. The number of nitriles is 1. The summed E-state index contributed by atoms with van der Waals surface area (Å²) in [6, 6.07) is 2.31. The van der Waals surface area contributed by atoms with E-state index >= 15 is 0 Å². The van der Waals surface area contributed by atoms with Gasteiger partial charge < -0.3 is 4.90 Å². The number of piperidine rings is 1. The van der Waals surface area contributed by atoms with Gasteiger partial charge in [0.05, 0.1) is 6.07 Å². The molecule has 1 fully saturated rings. The van der Waals surface area contributed by atoms with Gasteiger partial charge in [0.15, 0.2) is 0 Å². The maximum Gasteiger partial charge on any atom is 0.222 e. The van der Waals surface area contributed by atoms with Crippen molar-refractivity contribution in [2.75, 3.05) is 13.1 Å². The average molecular weight is 292 g/mol. The smallest absolute Gasteiger partial charge is 0.222 e. The summed E-state index contributed by atoms with van der Waals surface area (Å²) >= 11 is 0. The number of amides is 1. The average Bonchev–Trinajstić information content (AvgIpc) is 2.53. The molecule has 1 rings (SSSR count). The molecule has 0 N–H and O–H groups in total. The number of hydrogen-bond donors (Lipinski definition) is 0. The minimum absolute atomic E-state index is 0.168. The predicted octanol–water partition coefficient (Wildman–Crippen LogP) is 4.67. The Bertz CT molecular complexity index is 314. The monoisotopic (exact) mass is 292 g/mol. The van der Waals surface area contributed by atoms with Gasteiger partial charge in [0, 0.05) is 25.4 Å². The number of carbonyl (C=O) groups excluding carboxylic acids is 1. The molecule has 3 nitrogen and oxygen atoms in total. The van der Waals surface area contributed by atoms with Crippen molar-refractivity contribution in [3.63, 3.8) is 0 Å². The van der Waals surface area contributed by atoms with Crippen LogP contribution in [0.1, 0.15) is 84.0 Å². The van der Waals surface area contributed by atoms with Crippen LogP contribution in [0.15, 0.2) is 0 Å². The Morgan fingerprint density at radius 2 is 1.52 bits per heavy atom. The third-order valence-corrected chi connectivity index (χ3v) is 4.52. The largest absolute Gasteiger partial charge is 0.343 e. The summed E-state index contributed by atoms with van der Waals surface area (Å²) < 4.78 is 0. The van der Waals surface area contributed by atoms with Gasteiger partial charge in [-0.05, 0) is 19.3 Å². The van der Waals surface area contributed by atoms with E-state index in [1.807, 2.05) is 4.90 Å². The zero-order valence-corrected chi connectivity index (χ0v) is 13.8. The minimum atomic E-state index is 0.168. The molecule has 1 saturated heterocycles. The molecular weight excluding hydrogens is 260 g/mol. The number of likely N-dealkylation sites (tertiary alicyclic amines) is 1. The Morgan fingerprint density at radius 3 is 2.05 bits per heavy atom. The van der Waals surface area contributed by atoms with Crippen molar-refractivity contribution in [3.05, 3.63) is 0 Å². The number of carbonyl (C=O) groups is 1. The second-order valence-electron chi connectivity index (χ2n) is 6.36. The molecule has 0 unspecified atom stereocenters. The topological polar surface area (TPSA) is 44.1 Å². The quantitative estimate of drug-likeness (QED) is 0.549. The van der Waals surface area contributed by atoms with Crippen LogP contribution in [0, 0.1) is 17.2 Å². The highest BCUT2D eigenvalue weighted by Crippen LogP contribution is 2.17. The van der Waals surface area contributed by atoms with Crippen LogP contribution in [0.25, 0.3) is 0 Å². The van der Waals surface area contributed by atoms with E-state index < -0.39 is 0 Å². The van der Waals surface area contributed by atoms with E-state index in [1.165, 1.54) is 51.4 Å². The van der Waals surface area contributed by atoms with Crippen LogP contribution in [0.3, 0.4) is 0 Å². The SMILES string of the molecule is CCCCCCCCCCCC(=O)N1CCC(C#N)CC1. The summed E-state index contributed by atoms with van der Waals surface area (Å²) in [5, 5.41) is 8.85. The molecule has 0 atom stereocenters. The van der Waals surface area contributed by atoms with Gasteiger partial charge in [-0.25, -0.2) is 0 Å². The Balaban J connectivity index is 1.93. The molecule has 0 saturated carbocycles. The molecule has 0 aromatic heterocycles. The molecule has 3 heteroatoms. The second-order valence-corrected chi connectivity index (χ2v) is 6.36. The summed E-state index contributed by atoms with van der Waals surface area (Å²) in [5.41, 5.74) is 0. The van der Waals surface area contributed by atoms with Crippen LogP contribution in [-0.2, 0) is 4.79 Å². The molecule has 0 aliphatic carbocycles. The summed E-state index contributed by atoms with van der Waals surface area (Å²) in [7, 11) is 0. The van der Waals surface area contributed by atoms with Gasteiger partial charge >= 0.3 is 0 Å². The number of hydrogen-bond acceptors (Lipinski definition) is 2. The van der Waals surface area contributed by atoms with E-state index in [2.05, 4.69) is 13.0 Å². The lowest BCUT2D eigenvalue weighted by atomic mass is 9.98. The first-order valence-corrected chi connectivity index (χ1v) is 8.95. The zero-order chi connectivity index (χ0) is 15.3. The lowest BCUT2D eigenvalue weighted by molar-refractivity contribution is -0.132. The van der Waals surface area contributed by atoms with Crippen LogP contribution in [-0.4, -0.2) is 23.9 Å². The molecule has 0 bridgehead atoms. The van der Waals surface area contributed by atoms with E-state index in [1.54, 1.807) is 0 Å². The first kappa shape index (κ1) is 18.0. The van der Waals surface area contributed by atoms with Crippen LogP contribution < -0.4 is 0 Å². The van der Waals surface area contributed by atoms with E-state index in [-0.39, 0.29) is 5.92 Å². The van der Waals surface area contributed by atoms with Crippen molar-refractivity contribution in [3.8, 4) is 6.07 Å². The number of rotatable bonds is 10. The third-order valence-electron chi connectivity index (χ3n) is 4.52. The van der Waals surface area contributed by atoms with Gasteiger partial charge in [0.2, 0.25) is 5.91 Å². The molecule has 0 aromatic carbocycles. The maximum absolute atomic E-state index is 12.0. The predicted molar refractivity (Wildman–Crippen MR) is 86.8 cm³/mol. The summed E-state index contributed by atoms with van der Waals surface area (Å²) in [6.45, 7) is 3.82. The molecule has 1 aliphatic heterocycles. The van der Waals surface area contributed by atoms with Crippen molar-refractivity contribution in [2.24, 2.45) is 5.92 Å². The van der Waals surface area contributed by atoms with Gasteiger partial charge in [-0.1, -0.05) is 58.3 Å². The number of unbranched alkanes of at least 4 members (excludes halogenated alkanes) is 8. The molecule has 0 spiro atoms. The van der Waals surface area contributed by atoms with Gasteiger partial charge in [-0.15, -0.1) is 0 Å². The normalized spacial score (nSPS) is 15.9. The second kappa shape index (κ2) is 11.6. The Kier molecular flexibility index (Phi) is 9.95. The fourth-order valence-corrected chi connectivity index (χ4v) is 3.00. The Morgan fingerprint density at radius 1 is 1.00 bits per heavy atom. The molecule has 0 radical (unpaired) electrons. The van der Waals surface area contributed by atoms with E-state index in [9.17, 15) is 4.79 Å². The van der Waals surface area contributed by atoms with Crippen LogP contribution in [0.5, 0.6) is 0 Å². The summed E-state index contributed by atoms with van der Waals surface area (Å²) in [6.07, 6.45) is 14.0. The zero-order valence-electron chi connectivity index (χ0n) is 13.8. The highest BCUT2D eigenvalue weighted by atomic mass is 16.2. The third kappa shape index (κ3) is 8.09. The van der Waals surface area contributed by atoms with Crippen molar-refractivity contribution < 1.29 is 4.79 Å². The lowest BCUT2D eigenvalue weighted by Crippen LogP contribution is -2.38. The van der Waals surface area contributed by atoms with Crippen LogP contribution >= 0.6 is 0 Å². The van der Waals surface area contributed by atoms with Crippen LogP contribution in [0.2, 0.25) is 0 Å². The first-order valence-electron chi connectivity index (χ1n) is 8.95. The Labute approximate surface area is 130 Å². The van der Waals surface area contributed by atoms with E-state index in [4.69, 9.17) is 5.26 Å². The van der Waals surface area contributed by atoms with Gasteiger partial charge in [-0.2, -0.15) is 5.26 Å². The van der Waals surface area contributed by atoms with E-state index in [0.29, 0.717) is 12.3 Å². The number of nitrogens with zero attached hydrogens (tertiary/aromatic N) is 2. The minimum Gasteiger partial charge on any atom is -0.343 e. The molecule has 21 heavy (non-hydrogen) atoms. The highest BCUT2D eigenvalue weighted by molar-refractivity contribution is 5.76. The van der Waals surface area contributed by atoms with Crippen molar-refractivity contribution in [1.82, 2.24) is 4.90 Å². The molecule has 0 aromatic rings. The van der Waals surface area contributed by atoms with E-state index in [0.717, 1.165) is 32.4 Å². The summed E-state index contributed by atoms with van der Waals surface area (Å²) in [5.74, 6) is 0.469. The van der Waals surface area contributed by atoms with Crippen LogP contribution in [0.4, 0.5) is 0 Å². The fourth-order valence-electron chi connectivity index (χ4n) is 3.00. The van der Waals surface area contributed by atoms with Crippen molar-refractivity contribution >= 4 is 5.91 Å². The molecule has 1 aliphatic rings. The standard InChI is InChI=1S/C18H32N2O/c1-2-3-4-5-6-7-8-9-10-11-18(21)20-14-12-17(16-19)13-15-20/h17H,2-15H2,1H3. The lowest BCUT2D eigenvalue weighted by Gasteiger charge is -2.29. The maximum atomic E-state index is 12.0. The van der Waals surface area contributed by atoms with Gasteiger partial charge in [0.1, 0.15) is 0 Å². The molecular formula is C18H32N2O. The highest BCUT2D eigenvalue weighted by Gasteiger charge is 2.21. The van der Waals surface area contributed by atoms with Crippen molar-refractivity contribution in [2.45, 2.75) is 84.0 Å². The summed E-state index contributed by atoms with van der Waals surface area (Å²) in [4.78, 5) is 14.0. The Hall–Kier alpha value is -1.04.